The number of amides is 3. The Kier molecular flexibility index (Phi) is 3.83. The Balaban J connectivity index is 1.41. The smallest absolute Gasteiger partial charge is 0.325 e. The Morgan fingerprint density at radius 1 is 1.18 bits per heavy atom. The van der Waals surface area contributed by atoms with E-state index in [1.54, 1.807) is 0 Å². The summed E-state index contributed by atoms with van der Waals surface area (Å²) in [6, 6.07) is 14.8. The lowest BCUT2D eigenvalue weighted by molar-refractivity contribution is -0.132. The fraction of sp³-hybridized carbons (Fsp3) is 0.200. The molecule has 0 saturated carbocycles. The van der Waals surface area contributed by atoms with Gasteiger partial charge in [0, 0.05) is 10.0 Å². The molecule has 3 aromatic rings. The Morgan fingerprint density at radius 3 is 2.89 bits per heavy atom. The molecule has 1 aliphatic heterocycles. The molecule has 5 rings (SSSR count). The van der Waals surface area contributed by atoms with E-state index in [0.717, 1.165) is 32.5 Å². The summed E-state index contributed by atoms with van der Waals surface area (Å²) in [5.41, 5.74) is 1.76. The van der Waals surface area contributed by atoms with Crippen LogP contribution in [0.5, 0.6) is 0 Å². The van der Waals surface area contributed by atoms with Gasteiger partial charge in [0.2, 0.25) is 11.7 Å². The van der Waals surface area contributed by atoms with Gasteiger partial charge in [0.05, 0.1) is 0 Å². The number of carbonyl (C=O) groups excluding carboxylic acids is 2. The number of halogens is 1. The van der Waals surface area contributed by atoms with Crippen LogP contribution in [0.2, 0.25) is 0 Å². The number of carbonyl (C=O) groups is 2. The molecule has 7 nitrogen and oxygen atoms in total. The van der Waals surface area contributed by atoms with Crippen LogP contribution < -0.4 is 5.32 Å². The number of imide groups is 1. The second-order valence-corrected chi connectivity index (χ2v) is 7.82. The van der Waals surface area contributed by atoms with Gasteiger partial charge in [0.25, 0.3) is 5.91 Å². The molecule has 2 heterocycles. The third-order valence-electron chi connectivity index (χ3n) is 5.27. The number of urea groups is 1. The summed E-state index contributed by atoms with van der Waals surface area (Å²) in [6.07, 6.45) is 1.31. The summed E-state index contributed by atoms with van der Waals surface area (Å²) in [5.74, 6) is 0.343. The van der Waals surface area contributed by atoms with E-state index in [1.165, 1.54) is 0 Å². The monoisotopic (exact) mass is 438 g/mol. The molecule has 1 atom stereocenters. The highest BCUT2D eigenvalue weighted by Crippen LogP contribution is 2.41. The fourth-order valence-corrected chi connectivity index (χ4v) is 4.33. The average Bonchev–Trinajstić information content (AvgIpc) is 3.37. The van der Waals surface area contributed by atoms with E-state index in [0.29, 0.717) is 12.2 Å². The topological polar surface area (TPSA) is 88.3 Å². The molecule has 140 valence electrons. The third kappa shape index (κ3) is 2.56. The lowest BCUT2D eigenvalue weighted by Crippen LogP contribution is -2.41. The third-order valence-corrected chi connectivity index (χ3v) is 5.76. The Bertz CT molecular complexity index is 1110. The minimum Gasteiger partial charge on any atom is -0.337 e. The van der Waals surface area contributed by atoms with Gasteiger partial charge in [-0.3, -0.25) is 9.69 Å². The molecule has 0 bridgehead atoms. The molecule has 1 spiro atoms. The van der Waals surface area contributed by atoms with Crippen molar-refractivity contribution < 1.29 is 14.1 Å². The molecule has 0 radical (unpaired) electrons. The summed E-state index contributed by atoms with van der Waals surface area (Å²) in [6.45, 7) is -0.0599. The second kappa shape index (κ2) is 6.27. The summed E-state index contributed by atoms with van der Waals surface area (Å²) in [5, 5.41) is 6.86. The number of aromatic nitrogens is 2. The summed E-state index contributed by atoms with van der Waals surface area (Å²) in [4.78, 5) is 31.2. The van der Waals surface area contributed by atoms with Crippen molar-refractivity contribution in [3.05, 3.63) is 70.0 Å². The molecule has 1 unspecified atom stereocenters. The van der Waals surface area contributed by atoms with E-state index < -0.39 is 11.6 Å². The molecule has 8 heteroatoms. The maximum atomic E-state index is 13.2. The van der Waals surface area contributed by atoms with Gasteiger partial charge >= 0.3 is 6.03 Å². The number of hydrogen-bond donors (Lipinski definition) is 1. The first-order valence-electron chi connectivity index (χ1n) is 8.88. The molecule has 1 N–H and O–H groups in total. The molecule has 28 heavy (non-hydrogen) atoms. The molecule has 1 saturated heterocycles. The normalized spacial score (nSPS) is 20.7. The van der Waals surface area contributed by atoms with Crippen molar-refractivity contribution in [2.75, 3.05) is 0 Å². The second-order valence-electron chi connectivity index (χ2n) is 6.91. The molecule has 1 aromatic heterocycles. The quantitative estimate of drug-likeness (QED) is 0.633. The summed E-state index contributed by atoms with van der Waals surface area (Å²) in [7, 11) is 0. The number of hydrogen-bond acceptors (Lipinski definition) is 5. The summed E-state index contributed by atoms with van der Waals surface area (Å²) < 4.78 is 6.18. The van der Waals surface area contributed by atoms with Gasteiger partial charge in [-0.1, -0.05) is 57.5 Å². The molecule has 3 amide bonds. The lowest BCUT2D eigenvalue weighted by atomic mass is 9.92. The van der Waals surface area contributed by atoms with Gasteiger partial charge in [-0.25, -0.2) is 4.79 Å². The van der Waals surface area contributed by atoms with E-state index in [4.69, 9.17) is 4.52 Å². The Labute approximate surface area is 168 Å². The number of aryl methyl sites for hydroxylation is 1. The van der Waals surface area contributed by atoms with Crippen molar-refractivity contribution in [3.8, 4) is 11.4 Å². The highest BCUT2D eigenvalue weighted by atomic mass is 79.9. The zero-order valence-corrected chi connectivity index (χ0v) is 16.3. The van der Waals surface area contributed by atoms with Crippen molar-refractivity contribution in [1.82, 2.24) is 20.4 Å². The Hall–Kier alpha value is -3.00. The predicted octanol–water partition coefficient (Wildman–Crippen LogP) is 3.39. The van der Waals surface area contributed by atoms with Crippen LogP contribution in [0.15, 0.2) is 57.5 Å². The first-order chi connectivity index (χ1) is 13.6. The zero-order valence-electron chi connectivity index (χ0n) is 14.7. The van der Waals surface area contributed by atoms with E-state index in [2.05, 4.69) is 31.4 Å². The van der Waals surface area contributed by atoms with Crippen LogP contribution >= 0.6 is 15.9 Å². The average molecular weight is 439 g/mol. The van der Waals surface area contributed by atoms with Gasteiger partial charge in [-0.2, -0.15) is 4.98 Å². The number of nitrogens with zero attached hydrogens (tertiary/aromatic N) is 3. The van der Waals surface area contributed by atoms with Gasteiger partial charge in [-0.05, 0) is 36.1 Å². The van der Waals surface area contributed by atoms with Gasteiger partial charge < -0.3 is 9.84 Å². The number of rotatable bonds is 3. The van der Waals surface area contributed by atoms with Crippen LogP contribution in [-0.4, -0.2) is 27.0 Å². The van der Waals surface area contributed by atoms with Gasteiger partial charge in [-0.15, -0.1) is 0 Å². The molecule has 1 fully saturated rings. The van der Waals surface area contributed by atoms with Crippen LogP contribution in [0.1, 0.15) is 23.4 Å². The minimum atomic E-state index is -0.985. The van der Waals surface area contributed by atoms with Crippen molar-refractivity contribution in [2.24, 2.45) is 0 Å². The minimum absolute atomic E-state index is 0.0599. The number of fused-ring (bicyclic) bond motifs is 2. The largest absolute Gasteiger partial charge is 0.337 e. The predicted molar refractivity (Wildman–Crippen MR) is 103 cm³/mol. The highest BCUT2D eigenvalue weighted by molar-refractivity contribution is 9.10. The SMILES string of the molecule is O=C1NC2(CCc3ccccc32)C(=O)N1Cc1nc(-c2cccc(Br)c2)no1. The van der Waals surface area contributed by atoms with Crippen LogP contribution in [0, 0.1) is 0 Å². The molecular formula is C20H15BrN4O3. The molecule has 1 aliphatic carbocycles. The van der Waals surface area contributed by atoms with Crippen LogP contribution in [-0.2, 0) is 23.3 Å². The van der Waals surface area contributed by atoms with Crippen molar-refractivity contribution in [2.45, 2.75) is 24.9 Å². The van der Waals surface area contributed by atoms with E-state index >= 15 is 0 Å². The maximum absolute atomic E-state index is 13.2. The van der Waals surface area contributed by atoms with Crippen LogP contribution in [0.4, 0.5) is 4.79 Å². The lowest BCUT2D eigenvalue weighted by Gasteiger charge is -2.21. The van der Waals surface area contributed by atoms with Gasteiger partial charge in [0.15, 0.2) is 0 Å². The Morgan fingerprint density at radius 2 is 2.04 bits per heavy atom. The van der Waals surface area contributed by atoms with Crippen LogP contribution in [0.3, 0.4) is 0 Å². The van der Waals surface area contributed by atoms with Crippen molar-refractivity contribution in [1.29, 1.82) is 0 Å². The molecular weight excluding hydrogens is 424 g/mol. The first-order valence-corrected chi connectivity index (χ1v) is 9.67. The zero-order chi connectivity index (χ0) is 19.3. The summed E-state index contributed by atoms with van der Waals surface area (Å²) >= 11 is 3.41. The number of benzene rings is 2. The fourth-order valence-electron chi connectivity index (χ4n) is 3.93. The van der Waals surface area contributed by atoms with E-state index in [9.17, 15) is 9.59 Å². The van der Waals surface area contributed by atoms with Crippen molar-refractivity contribution in [3.63, 3.8) is 0 Å². The van der Waals surface area contributed by atoms with E-state index in [1.807, 2.05) is 48.5 Å². The highest BCUT2D eigenvalue weighted by Gasteiger charge is 2.55. The molecule has 2 aliphatic rings. The number of nitrogens with one attached hydrogen (secondary N) is 1. The maximum Gasteiger partial charge on any atom is 0.325 e. The van der Waals surface area contributed by atoms with Gasteiger partial charge in [0.1, 0.15) is 12.1 Å². The molecule has 2 aromatic carbocycles. The first kappa shape index (κ1) is 17.1. The van der Waals surface area contributed by atoms with E-state index in [-0.39, 0.29) is 18.3 Å². The van der Waals surface area contributed by atoms with Crippen molar-refractivity contribution >= 4 is 27.9 Å². The van der Waals surface area contributed by atoms with Crippen LogP contribution in [0.25, 0.3) is 11.4 Å². The standard InChI is InChI=1S/C20H15BrN4O3/c21-14-6-3-5-13(10-14)17-22-16(28-24-17)11-25-18(26)20(23-19(25)27)9-8-12-4-1-2-7-15(12)20/h1-7,10H,8-9,11H2,(H,23,27).